The van der Waals surface area contributed by atoms with E-state index >= 15 is 0 Å². The third-order valence-corrected chi connectivity index (χ3v) is 5.09. The maximum Gasteiger partial charge on any atom is 0.0513 e. The second-order valence-electron chi connectivity index (χ2n) is 4.86. The van der Waals surface area contributed by atoms with E-state index in [1.807, 2.05) is 11.8 Å². The van der Waals surface area contributed by atoms with Gasteiger partial charge in [0.1, 0.15) is 0 Å². The summed E-state index contributed by atoms with van der Waals surface area (Å²) in [5, 5.41) is 0. The van der Waals surface area contributed by atoms with Crippen LogP contribution in [0.3, 0.4) is 0 Å². The minimum Gasteiger partial charge on any atom is -0.271 e. The molecule has 1 aromatic carbocycles. The maximum atomic E-state index is 5.73. The van der Waals surface area contributed by atoms with Crippen molar-refractivity contribution in [2.75, 3.05) is 5.75 Å². The van der Waals surface area contributed by atoms with Crippen LogP contribution < -0.4 is 11.3 Å². The summed E-state index contributed by atoms with van der Waals surface area (Å²) in [5.74, 6) is 6.72. The number of hydrazine groups is 1. The second-order valence-corrected chi connectivity index (χ2v) is 6.87. The first-order valence-electron chi connectivity index (χ1n) is 6.83. The van der Waals surface area contributed by atoms with Crippen molar-refractivity contribution in [3.05, 3.63) is 40.4 Å². The molecule has 19 heavy (non-hydrogen) atoms. The van der Waals surface area contributed by atoms with Crippen molar-refractivity contribution in [2.45, 2.75) is 43.0 Å². The molecule has 1 aliphatic carbocycles. The topological polar surface area (TPSA) is 38.0 Å². The molecule has 0 aliphatic heterocycles. The Kier molecular flexibility index (Phi) is 6.44. The van der Waals surface area contributed by atoms with E-state index in [9.17, 15) is 0 Å². The molecule has 1 aliphatic rings. The first kappa shape index (κ1) is 15.1. The molecule has 1 atom stereocenters. The van der Waals surface area contributed by atoms with Crippen LogP contribution in [0.2, 0.25) is 0 Å². The highest BCUT2D eigenvalue weighted by atomic mass is 79.9. The number of halogens is 1. The molecule has 2 nitrogen and oxygen atoms in total. The van der Waals surface area contributed by atoms with Crippen LogP contribution in [0.5, 0.6) is 0 Å². The Hall–Kier alpha value is -0.290. The second kappa shape index (κ2) is 8.10. The van der Waals surface area contributed by atoms with Gasteiger partial charge in [-0.05, 0) is 49.9 Å². The fourth-order valence-electron chi connectivity index (χ4n) is 2.33. The molecule has 0 amide bonds. The molecular formula is C15H21BrN2S. The van der Waals surface area contributed by atoms with Crippen LogP contribution >= 0.6 is 27.7 Å². The van der Waals surface area contributed by atoms with Gasteiger partial charge in [0.25, 0.3) is 0 Å². The van der Waals surface area contributed by atoms with Crippen LogP contribution in [0.1, 0.15) is 32.1 Å². The zero-order valence-corrected chi connectivity index (χ0v) is 13.5. The predicted octanol–water partition coefficient (Wildman–Crippen LogP) is 4.26. The Labute approximate surface area is 128 Å². The fourth-order valence-corrected chi connectivity index (χ4v) is 3.59. The van der Waals surface area contributed by atoms with Crippen LogP contribution in [0, 0.1) is 0 Å². The first-order valence-corrected chi connectivity index (χ1v) is 8.61. The lowest BCUT2D eigenvalue weighted by Gasteiger charge is -2.19. The number of hydrogen-bond acceptors (Lipinski definition) is 3. The number of rotatable bonds is 5. The van der Waals surface area contributed by atoms with E-state index in [2.05, 4.69) is 51.7 Å². The van der Waals surface area contributed by atoms with Crippen molar-refractivity contribution >= 4 is 27.7 Å². The molecule has 2 rings (SSSR count). The molecule has 1 aromatic rings. The Morgan fingerprint density at radius 1 is 1.21 bits per heavy atom. The molecule has 104 valence electrons. The fraction of sp³-hybridized carbons (Fsp3) is 0.467. The van der Waals surface area contributed by atoms with Crippen molar-refractivity contribution < 1.29 is 0 Å². The number of hydrogen-bond donors (Lipinski definition) is 2. The Morgan fingerprint density at radius 3 is 2.74 bits per heavy atom. The van der Waals surface area contributed by atoms with Gasteiger partial charge in [0.05, 0.1) is 6.04 Å². The third kappa shape index (κ3) is 4.95. The van der Waals surface area contributed by atoms with E-state index in [-0.39, 0.29) is 0 Å². The summed E-state index contributed by atoms with van der Waals surface area (Å²) >= 11 is 5.32. The predicted molar refractivity (Wildman–Crippen MR) is 87.1 cm³/mol. The molecule has 1 unspecified atom stereocenters. The highest BCUT2D eigenvalue weighted by molar-refractivity contribution is 9.10. The van der Waals surface area contributed by atoms with Gasteiger partial charge in [-0.15, -0.1) is 11.8 Å². The molecule has 0 saturated heterocycles. The van der Waals surface area contributed by atoms with Crippen molar-refractivity contribution in [3.63, 3.8) is 0 Å². The van der Waals surface area contributed by atoms with Gasteiger partial charge in [-0.3, -0.25) is 11.3 Å². The lowest BCUT2D eigenvalue weighted by atomic mass is 10.0. The highest BCUT2D eigenvalue weighted by Gasteiger charge is 2.14. The molecule has 0 bridgehead atoms. The third-order valence-electron chi connectivity index (χ3n) is 3.46. The molecule has 0 aromatic heterocycles. The van der Waals surface area contributed by atoms with Crippen molar-refractivity contribution in [3.8, 4) is 0 Å². The summed E-state index contributed by atoms with van der Waals surface area (Å²) in [5.41, 5.74) is 4.47. The SMILES string of the molecule is NNC(CSc1ccc(Br)cc1)C1=CCCCCC1. The maximum absolute atomic E-state index is 5.73. The Morgan fingerprint density at radius 2 is 2.00 bits per heavy atom. The first-order chi connectivity index (χ1) is 9.29. The Balaban J connectivity index is 1.91. The number of allylic oxidation sites excluding steroid dienone is 1. The van der Waals surface area contributed by atoms with Gasteiger partial charge in [0.2, 0.25) is 0 Å². The van der Waals surface area contributed by atoms with E-state index in [1.54, 1.807) is 0 Å². The highest BCUT2D eigenvalue weighted by Crippen LogP contribution is 2.25. The zero-order chi connectivity index (χ0) is 13.5. The standard InChI is InChI=1S/C15H21BrN2S/c16-13-7-9-14(10-8-13)19-11-15(18-17)12-5-3-1-2-4-6-12/h5,7-10,15,18H,1-4,6,11,17H2. The lowest BCUT2D eigenvalue weighted by Crippen LogP contribution is -2.38. The summed E-state index contributed by atoms with van der Waals surface area (Å²) in [6.45, 7) is 0. The Bertz CT molecular complexity index is 417. The minimum absolute atomic E-state index is 0.298. The lowest BCUT2D eigenvalue weighted by molar-refractivity contribution is 0.611. The van der Waals surface area contributed by atoms with E-state index in [1.165, 1.54) is 42.6 Å². The number of benzene rings is 1. The van der Waals surface area contributed by atoms with E-state index in [0.29, 0.717) is 6.04 Å². The van der Waals surface area contributed by atoms with E-state index in [0.717, 1.165) is 10.2 Å². The summed E-state index contributed by atoms with van der Waals surface area (Å²) in [7, 11) is 0. The van der Waals surface area contributed by atoms with E-state index < -0.39 is 0 Å². The van der Waals surface area contributed by atoms with Gasteiger partial charge in [-0.25, -0.2) is 0 Å². The van der Waals surface area contributed by atoms with Crippen LogP contribution in [0.15, 0.2) is 45.3 Å². The minimum atomic E-state index is 0.298. The van der Waals surface area contributed by atoms with Gasteiger partial charge in [0.15, 0.2) is 0 Å². The molecular weight excluding hydrogens is 320 g/mol. The van der Waals surface area contributed by atoms with Crippen LogP contribution in [0.25, 0.3) is 0 Å². The van der Waals surface area contributed by atoms with Crippen molar-refractivity contribution in [2.24, 2.45) is 5.84 Å². The van der Waals surface area contributed by atoms with Gasteiger partial charge in [0, 0.05) is 15.1 Å². The number of nitrogens with two attached hydrogens (primary N) is 1. The summed E-state index contributed by atoms with van der Waals surface area (Å²) < 4.78 is 1.12. The van der Waals surface area contributed by atoms with Crippen molar-refractivity contribution in [1.82, 2.24) is 5.43 Å². The molecule has 0 radical (unpaired) electrons. The quantitative estimate of drug-likeness (QED) is 0.364. The summed E-state index contributed by atoms with van der Waals surface area (Å²) in [6, 6.07) is 8.75. The molecule has 0 heterocycles. The van der Waals surface area contributed by atoms with Gasteiger partial charge in [-0.2, -0.15) is 0 Å². The van der Waals surface area contributed by atoms with Gasteiger partial charge >= 0.3 is 0 Å². The molecule has 0 saturated carbocycles. The van der Waals surface area contributed by atoms with Crippen LogP contribution in [-0.4, -0.2) is 11.8 Å². The number of thioether (sulfide) groups is 1. The van der Waals surface area contributed by atoms with Crippen molar-refractivity contribution in [1.29, 1.82) is 0 Å². The summed E-state index contributed by atoms with van der Waals surface area (Å²) in [4.78, 5) is 1.29. The normalized spacial score (nSPS) is 17.7. The van der Waals surface area contributed by atoms with Crippen LogP contribution in [0.4, 0.5) is 0 Å². The molecule has 0 fully saturated rings. The molecule has 4 heteroatoms. The van der Waals surface area contributed by atoms with E-state index in [4.69, 9.17) is 5.84 Å². The largest absolute Gasteiger partial charge is 0.271 e. The van der Waals surface area contributed by atoms with Crippen LogP contribution in [-0.2, 0) is 0 Å². The smallest absolute Gasteiger partial charge is 0.0513 e. The molecule has 0 spiro atoms. The average Bonchev–Trinajstić information content (AvgIpc) is 2.71. The average molecular weight is 341 g/mol. The zero-order valence-electron chi connectivity index (χ0n) is 11.1. The number of nitrogens with one attached hydrogen (secondary N) is 1. The molecule has 3 N–H and O–H groups in total. The summed E-state index contributed by atoms with van der Waals surface area (Å²) in [6.07, 6.45) is 8.75. The monoisotopic (exact) mass is 340 g/mol. The van der Waals surface area contributed by atoms with Gasteiger partial charge in [-0.1, -0.05) is 34.0 Å². The van der Waals surface area contributed by atoms with Gasteiger partial charge < -0.3 is 0 Å².